The monoisotopic (exact) mass is 328 g/mol. The Bertz CT molecular complexity index is 707. The van der Waals surface area contributed by atoms with E-state index in [1.165, 1.54) is 0 Å². The van der Waals surface area contributed by atoms with Gasteiger partial charge in [0.05, 0.1) is 18.9 Å². The summed E-state index contributed by atoms with van der Waals surface area (Å²) < 4.78 is 5.27. The lowest BCUT2D eigenvalue weighted by Gasteiger charge is -2.26. The Kier molecular flexibility index (Phi) is 5.05. The number of halogens is 1. The topological polar surface area (TPSA) is 41.9 Å². The van der Waals surface area contributed by atoms with E-state index in [1.54, 1.807) is 12.3 Å². The lowest BCUT2D eigenvalue weighted by molar-refractivity contribution is 0.0303. The summed E-state index contributed by atoms with van der Waals surface area (Å²) in [7, 11) is 0. The first kappa shape index (κ1) is 15.7. The van der Waals surface area contributed by atoms with E-state index in [4.69, 9.17) is 16.3 Å². The second kappa shape index (κ2) is 7.40. The van der Waals surface area contributed by atoms with Gasteiger partial charge < -0.3 is 9.64 Å². The second-order valence-corrected chi connectivity index (χ2v) is 5.70. The Morgan fingerprint density at radius 2 is 1.87 bits per heavy atom. The van der Waals surface area contributed by atoms with Crippen LogP contribution in [0.5, 0.6) is 0 Å². The average Bonchev–Trinajstić information content (AvgIpc) is 2.61. The largest absolute Gasteiger partial charge is 0.378 e. The number of ether oxygens (including phenoxy) is 1. The van der Waals surface area contributed by atoms with Crippen LogP contribution in [-0.2, 0) is 4.74 Å². The van der Waals surface area contributed by atoms with Crippen LogP contribution in [0.2, 0.25) is 5.02 Å². The number of morpholine rings is 1. The van der Waals surface area contributed by atoms with Gasteiger partial charge in [0.25, 0.3) is 5.91 Å². The van der Waals surface area contributed by atoms with Crippen LogP contribution >= 0.6 is 11.6 Å². The van der Waals surface area contributed by atoms with Crippen molar-refractivity contribution in [3.8, 4) is 0 Å². The lowest BCUT2D eigenvalue weighted by Crippen LogP contribution is -2.40. The highest BCUT2D eigenvalue weighted by Gasteiger charge is 2.17. The summed E-state index contributed by atoms with van der Waals surface area (Å²) in [5.74, 6) is 0.0478. The lowest BCUT2D eigenvalue weighted by atomic mass is 10.1. The fourth-order valence-corrected chi connectivity index (χ4v) is 2.55. The highest BCUT2D eigenvalue weighted by Crippen LogP contribution is 2.17. The molecule has 0 aliphatic carbocycles. The summed E-state index contributed by atoms with van der Waals surface area (Å²) in [5.41, 5.74) is 2.42. The number of aliphatic imine (C=N–C) groups is 1. The molecule has 5 heteroatoms. The minimum Gasteiger partial charge on any atom is -0.378 e. The molecule has 1 amide bonds. The number of hydrogen-bond acceptors (Lipinski definition) is 3. The van der Waals surface area contributed by atoms with Gasteiger partial charge in [-0.3, -0.25) is 9.79 Å². The number of carbonyl (C=O) groups excluding carboxylic acids is 1. The van der Waals surface area contributed by atoms with E-state index >= 15 is 0 Å². The molecule has 3 rings (SSSR count). The molecule has 1 fully saturated rings. The van der Waals surface area contributed by atoms with Crippen LogP contribution < -0.4 is 0 Å². The molecule has 2 aromatic rings. The predicted octanol–water partition coefficient (Wildman–Crippen LogP) is 3.56. The van der Waals surface area contributed by atoms with Crippen molar-refractivity contribution in [1.29, 1.82) is 0 Å². The molecule has 0 spiro atoms. The molecule has 1 aliphatic rings. The summed E-state index contributed by atoms with van der Waals surface area (Å²) >= 11 is 5.93. The zero-order chi connectivity index (χ0) is 16.1. The number of amides is 1. The van der Waals surface area contributed by atoms with Crippen LogP contribution in [0.15, 0.2) is 53.5 Å². The van der Waals surface area contributed by atoms with Crippen LogP contribution in [0.3, 0.4) is 0 Å². The zero-order valence-corrected chi connectivity index (χ0v) is 13.4. The van der Waals surface area contributed by atoms with Crippen molar-refractivity contribution in [2.24, 2.45) is 4.99 Å². The Morgan fingerprint density at radius 3 is 2.57 bits per heavy atom. The highest BCUT2D eigenvalue weighted by molar-refractivity contribution is 6.30. The molecule has 0 unspecified atom stereocenters. The molecule has 1 saturated heterocycles. The number of carbonyl (C=O) groups is 1. The molecule has 118 valence electrons. The van der Waals surface area contributed by atoms with E-state index in [1.807, 2.05) is 47.4 Å². The van der Waals surface area contributed by atoms with Gasteiger partial charge in [-0.15, -0.1) is 0 Å². The average molecular weight is 329 g/mol. The van der Waals surface area contributed by atoms with Gasteiger partial charge in [-0.05, 0) is 35.9 Å². The highest BCUT2D eigenvalue weighted by atomic mass is 35.5. The van der Waals surface area contributed by atoms with Gasteiger partial charge in [-0.1, -0.05) is 29.8 Å². The van der Waals surface area contributed by atoms with Crippen LogP contribution in [0.4, 0.5) is 5.69 Å². The Hall–Kier alpha value is -2.17. The standard InChI is InChI=1S/C18H17ClN2O2/c19-16-2-1-3-17(12-16)20-13-14-4-6-15(7-5-14)18(22)21-8-10-23-11-9-21/h1-7,12-13H,8-11H2. The van der Waals surface area contributed by atoms with Crippen molar-refractivity contribution >= 4 is 29.4 Å². The smallest absolute Gasteiger partial charge is 0.254 e. The van der Waals surface area contributed by atoms with E-state index in [9.17, 15) is 4.79 Å². The van der Waals surface area contributed by atoms with Gasteiger partial charge in [0.1, 0.15) is 0 Å². The summed E-state index contributed by atoms with van der Waals surface area (Å²) in [5, 5.41) is 0.658. The van der Waals surface area contributed by atoms with E-state index in [0.29, 0.717) is 36.9 Å². The number of hydrogen-bond donors (Lipinski definition) is 0. The molecule has 1 heterocycles. The minimum absolute atomic E-state index is 0.0478. The SMILES string of the molecule is O=C(c1ccc(C=Nc2cccc(Cl)c2)cc1)N1CCOCC1. The third-order valence-electron chi connectivity index (χ3n) is 3.63. The minimum atomic E-state index is 0.0478. The first-order valence-electron chi connectivity index (χ1n) is 7.49. The molecule has 0 radical (unpaired) electrons. The molecule has 0 atom stereocenters. The molecule has 0 saturated carbocycles. The van der Waals surface area contributed by atoms with E-state index in [-0.39, 0.29) is 5.91 Å². The molecule has 2 aromatic carbocycles. The number of benzene rings is 2. The fraction of sp³-hybridized carbons (Fsp3) is 0.222. The molecule has 4 nitrogen and oxygen atoms in total. The third kappa shape index (κ3) is 4.18. The van der Waals surface area contributed by atoms with Crippen molar-refractivity contribution in [2.45, 2.75) is 0 Å². The van der Waals surface area contributed by atoms with Crippen molar-refractivity contribution < 1.29 is 9.53 Å². The van der Waals surface area contributed by atoms with Crippen LogP contribution in [0.25, 0.3) is 0 Å². The summed E-state index contributed by atoms with van der Waals surface area (Å²) in [6.45, 7) is 2.51. The molecule has 23 heavy (non-hydrogen) atoms. The summed E-state index contributed by atoms with van der Waals surface area (Å²) in [4.78, 5) is 18.5. The van der Waals surface area contributed by atoms with Crippen LogP contribution in [0, 0.1) is 0 Å². The second-order valence-electron chi connectivity index (χ2n) is 5.26. The normalized spacial score (nSPS) is 15.1. The maximum atomic E-state index is 12.3. The van der Waals surface area contributed by atoms with E-state index in [2.05, 4.69) is 4.99 Å². The van der Waals surface area contributed by atoms with Crippen molar-refractivity contribution in [2.75, 3.05) is 26.3 Å². The number of nitrogens with zero attached hydrogens (tertiary/aromatic N) is 2. The van der Waals surface area contributed by atoms with Crippen LogP contribution in [-0.4, -0.2) is 43.3 Å². The van der Waals surface area contributed by atoms with Gasteiger partial charge in [0.15, 0.2) is 0 Å². The van der Waals surface area contributed by atoms with Crippen LogP contribution in [0.1, 0.15) is 15.9 Å². The van der Waals surface area contributed by atoms with Gasteiger partial charge in [-0.25, -0.2) is 0 Å². The number of rotatable bonds is 3. The Balaban J connectivity index is 1.68. The summed E-state index contributed by atoms with van der Waals surface area (Å²) in [6, 6.07) is 14.8. The first-order valence-corrected chi connectivity index (χ1v) is 7.87. The van der Waals surface area contributed by atoms with Crippen molar-refractivity contribution in [1.82, 2.24) is 4.90 Å². The molecular formula is C18H17ClN2O2. The van der Waals surface area contributed by atoms with Gasteiger partial charge in [0, 0.05) is 29.9 Å². The maximum Gasteiger partial charge on any atom is 0.254 e. The Morgan fingerprint density at radius 1 is 1.13 bits per heavy atom. The molecule has 0 aromatic heterocycles. The van der Waals surface area contributed by atoms with Gasteiger partial charge in [-0.2, -0.15) is 0 Å². The summed E-state index contributed by atoms with van der Waals surface area (Å²) in [6.07, 6.45) is 1.76. The van der Waals surface area contributed by atoms with Gasteiger partial charge >= 0.3 is 0 Å². The van der Waals surface area contributed by atoms with Crippen molar-refractivity contribution in [3.63, 3.8) is 0 Å². The first-order chi connectivity index (χ1) is 11.2. The van der Waals surface area contributed by atoms with E-state index < -0.39 is 0 Å². The Labute approximate surface area is 140 Å². The van der Waals surface area contributed by atoms with E-state index in [0.717, 1.165) is 11.3 Å². The molecular weight excluding hydrogens is 312 g/mol. The molecule has 1 aliphatic heterocycles. The fourth-order valence-electron chi connectivity index (χ4n) is 2.37. The predicted molar refractivity (Wildman–Crippen MR) is 91.9 cm³/mol. The maximum absolute atomic E-state index is 12.3. The zero-order valence-electron chi connectivity index (χ0n) is 12.6. The van der Waals surface area contributed by atoms with Crippen molar-refractivity contribution in [3.05, 3.63) is 64.7 Å². The molecule has 0 bridgehead atoms. The van der Waals surface area contributed by atoms with Gasteiger partial charge in [0.2, 0.25) is 0 Å². The molecule has 0 N–H and O–H groups in total. The quantitative estimate of drug-likeness (QED) is 0.808. The third-order valence-corrected chi connectivity index (χ3v) is 3.86.